The van der Waals surface area contributed by atoms with Gasteiger partial charge in [-0.3, -0.25) is 0 Å². The van der Waals surface area contributed by atoms with Crippen LogP contribution in [0.1, 0.15) is 0 Å². The molecule has 0 atom stereocenters. The van der Waals surface area contributed by atoms with E-state index in [1.165, 1.54) is 6.26 Å². The Bertz CT molecular complexity index is 101. The molecular weight excluding hydrogens is 238 g/mol. The van der Waals surface area contributed by atoms with Crippen molar-refractivity contribution in [1.82, 2.24) is 0 Å². The molecule has 0 spiro atoms. The number of hydrogen-bond donors (Lipinski definition) is 0. The van der Waals surface area contributed by atoms with Crippen LogP contribution in [0.3, 0.4) is 0 Å². The summed E-state index contributed by atoms with van der Waals surface area (Å²) >= 11 is 7.44. The maximum absolute atomic E-state index is 5.35. The second-order valence-corrected chi connectivity index (χ2v) is 2.13. The van der Waals surface area contributed by atoms with Crippen LogP contribution in [0.5, 0.6) is 0 Å². The largest absolute Gasteiger partial charge is 0.491 e. The zero-order valence-corrected chi connectivity index (χ0v) is 7.15. The van der Waals surface area contributed by atoms with E-state index in [9.17, 15) is 0 Å². The summed E-state index contributed by atoms with van der Waals surface area (Å²) in [6, 6.07) is 0. The third-order valence-corrected chi connectivity index (χ3v) is 0.894. The fourth-order valence-corrected chi connectivity index (χ4v) is 0.417. The molecule has 0 aromatic heterocycles. The predicted octanol–water partition coefficient (Wildman–Crippen LogP) is 2.66. The zero-order valence-electron chi connectivity index (χ0n) is 4.23. The van der Waals surface area contributed by atoms with Crippen LogP contribution in [0.2, 0.25) is 0 Å². The molecule has 8 heavy (non-hydrogen) atoms. The molecule has 1 nitrogen and oxygen atoms in total. The van der Waals surface area contributed by atoms with Gasteiger partial charge < -0.3 is 4.74 Å². The Morgan fingerprint density at radius 3 is 2.88 bits per heavy atom. The predicted molar refractivity (Wildman–Crippen MR) is 44.1 cm³/mol. The highest BCUT2D eigenvalue weighted by Crippen LogP contribution is 1.97. The molecule has 0 fully saturated rings. The van der Waals surface area contributed by atoms with E-state index in [4.69, 9.17) is 16.3 Å². The van der Waals surface area contributed by atoms with Crippen molar-refractivity contribution in [2.24, 2.45) is 0 Å². The first kappa shape index (κ1) is 8.30. The van der Waals surface area contributed by atoms with E-state index in [1.807, 2.05) is 0 Å². The number of rotatable bonds is 3. The summed E-state index contributed by atoms with van der Waals surface area (Å²) in [5.74, 6) is 0. The van der Waals surface area contributed by atoms with E-state index in [-0.39, 0.29) is 0 Å². The average molecular weight is 244 g/mol. The van der Waals surface area contributed by atoms with Crippen molar-refractivity contribution >= 4 is 34.2 Å². The van der Waals surface area contributed by atoms with Gasteiger partial charge in [0.2, 0.25) is 0 Å². The van der Waals surface area contributed by atoms with Gasteiger partial charge in [-0.2, -0.15) is 0 Å². The van der Waals surface area contributed by atoms with E-state index in [0.29, 0.717) is 9.65 Å². The molecule has 0 aliphatic carbocycles. The van der Waals surface area contributed by atoms with E-state index in [0.717, 1.165) is 0 Å². The highest BCUT2D eigenvalue weighted by Gasteiger charge is 1.74. The summed E-state index contributed by atoms with van der Waals surface area (Å²) in [5.41, 5.74) is 0. The van der Waals surface area contributed by atoms with Crippen molar-refractivity contribution in [2.75, 3.05) is 4.61 Å². The molecule has 0 aromatic carbocycles. The van der Waals surface area contributed by atoms with Crippen molar-refractivity contribution in [1.29, 1.82) is 0 Å². The van der Waals surface area contributed by atoms with Gasteiger partial charge in [0.05, 0.1) is 6.26 Å². The Labute approximate surface area is 67.5 Å². The lowest BCUT2D eigenvalue weighted by Gasteiger charge is -1.87. The van der Waals surface area contributed by atoms with Crippen molar-refractivity contribution in [3.05, 3.63) is 23.9 Å². The standard InChI is InChI=1S/C5H6ClIO/c1-5(6)2-3-8-4-7/h2-3H,1,4H2. The highest BCUT2D eigenvalue weighted by molar-refractivity contribution is 14.1. The number of allylic oxidation sites excluding steroid dienone is 2. The van der Waals surface area contributed by atoms with Gasteiger partial charge >= 0.3 is 0 Å². The highest BCUT2D eigenvalue weighted by atomic mass is 127. The Kier molecular flexibility index (Phi) is 5.64. The van der Waals surface area contributed by atoms with E-state index >= 15 is 0 Å². The quantitative estimate of drug-likeness (QED) is 0.321. The summed E-state index contributed by atoms with van der Waals surface area (Å²) < 4.78 is 5.44. The summed E-state index contributed by atoms with van der Waals surface area (Å²) in [5, 5.41) is 0.481. The Morgan fingerprint density at radius 2 is 2.50 bits per heavy atom. The van der Waals surface area contributed by atoms with Gasteiger partial charge in [0.1, 0.15) is 4.61 Å². The zero-order chi connectivity index (χ0) is 6.41. The molecule has 0 aliphatic rings. The van der Waals surface area contributed by atoms with E-state index < -0.39 is 0 Å². The summed E-state index contributed by atoms with van der Waals surface area (Å²) in [7, 11) is 0. The molecule has 0 rings (SSSR count). The van der Waals surface area contributed by atoms with Crippen molar-refractivity contribution in [3.8, 4) is 0 Å². The fraction of sp³-hybridized carbons (Fsp3) is 0.200. The van der Waals surface area contributed by atoms with Crippen molar-refractivity contribution in [3.63, 3.8) is 0 Å². The Balaban J connectivity index is 3.20. The van der Waals surface area contributed by atoms with Gasteiger partial charge in [0, 0.05) is 5.03 Å². The lowest BCUT2D eigenvalue weighted by molar-refractivity contribution is 0.328. The van der Waals surface area contributed by atoms with Crippen molar-refractivity contribution in [2.45, 2.75) is 0 Å². The van der Waals surface area contributed by atoms with Gasteiger partial charge in [-0.05, 0) is 28.7 Å². The van der Waals surface area contributed by atoms with E-state index in [1.54, 1.807) is 6.08 Å². The van der Waals surface area contributed by atoms with Gasteiger partial charge in [0.25, 0.3) is 0 Å². The number of ether oxygens (including phenoxy) is 1. The first-order valence-electron chi connectivity index (χ1n) is 1.96. The van der Waals surface area contributed by atoms with Gasteiger partial charge in [-0.1, -0.05) is 18.2 Å². The van der Waals surface area contributed by atoms with Crippen LogP contribution in [-0.2, 0) is 4.74 Å². The summed E-state index contributed by atoms with van der Waals surface area (Å²) in [6.07, 6.45) is 3.11. The molecule has 0 saturated carbocycles. The van der Waals surface area contributed by atoms with Crippen molar-refractivity contribution < 1.29 is 4.74 Å². The first-order valence-corrected chi connectivity index (χ1v) is 3.86. The molecule has 0 radical (unpaired) electrons. The number of hydrogen-bond acceptors (Lipinski definition) is 1. The minimum atomic E-state index is 0.481. The maximum atomic E-state index is 5.35. The van der Waals surface area contributed by atoms with Crippen LogP contribution >= 0.6 is 34.2 Å². The van der Waals surface area contributed by atoms with Crippen LogP contribution in [0.4, 0.5) is 0 Å². The molecule has 0 unspecified atom stereocenters. The van der Waals surface area contributed by atoms with E-state index in [2.05, 4.69) is 29.2 Å². The molecule has 0 saturated heterocycles. The molecular formula is C5H6ClIO. The fourth-order valence-electron chi connectivity index (χ4n) is 0.158. The maximum Gasteiger partial charge on any atom is 0.138 e. The second kappa shape index (κ2) is 5.44. The third kappa shape index (κ3) is 6.30. The van der Waals surface area contributed by atoms with Crippen LogP contribution in [0, 0.1) is 0 Å². The molecule has 0 heterocycles. The third-order valence-electron chi connectivity index (χ3n) is 0.408. The smallest absolute Gasteiger partial charge is 0.138 e. The summed E-state index contributed by atoms with van der Waals surface area (Å²) in [4.78, 5) is 0. The lowest BCUT2D eigenvalue weighted by atomic mass is 10.6. The number of halogens is 2. The SMILES string of the molecule is C=C(Cl)C=COCI. The minimum Gasteiger partial charge on any atom is -0.491 e. The lowest BCUT2D eigenvalue weighted by Crippen LogP contribution is -1.70. The van der Waals surface area contributed by atoms with Gasteiger partial charge in [0.15, 0.2) is 0 Å². The number of alkyl halides is 1. The summed E-state index contributed by atoms with van der Waals surface area (Å²) in [6.45, 7) is 3.42. The van der Waals surface area contributed by atoms with Gasteiger partial charge in [-0.15, -0.1) is 0 Å². The topological polar surface area (TPSA) is 9.23 Å². The Morgan fingerprint density at radius 1 is 1.88 bits per heavy atom. The molecule has 3 heteroatoms. The second-order valence-electron chi connectivity index (χ2n) is 1.03. The molecule has 0 amide bonds. The molecule has 46 valence electrons. The Hall–Kier alpha value is 0.300. The van der Waals surface area contributed by atoms with Crippen LogP contribution in [0.15, 0.2) is 23.9 Å². The van der Waals surface area contributed by atoms with Crippen LogP contribution in [-0.4, -0.2) is 4.61 Å². The average Bonchev–Trinajstić information content (AvgIpc) is 1.66. The monoisotopic (exact) mass is 244 g/mol. The molecule has 0 N–H and O–H groups in total. The normalized spacial score (nSPS) is 9.75. The molecule has 0 aromatic rings. The van der Waals surface area contributed by atoms with Gasteiger partial charge in [-0.25, -0.2) is 0 Å². The first-order chi connectivity index (χ1) is 3.77. The van der Waals surface area contributed by atoms with Crippen LogP contribution < -0.4 is 0 Å². The molecule has 0 bridgehead atoms. The van der Waals surface area contributed by atoms with Crippen LogP contribution in [0.25, 0.3) is 0 Å². The minimum absolute atomic E-state index is 0.481. The molecule has 0 aliphatic heterocycles.